The summed E-state index contributed by atoms with van der Waals surface area (Å²) in [6.07, 6.45) is 0.524. The van der Waals surface area contributed by atoms with Crippen molar-refractivity contribution >= 4 is 29.7 Å². The van der Waals surface area contributed by atoms with Gasteiger partial charge in [0.2, 0.25) is 0 Å². The van der Waals surface area contributed by atoms with Gasteiger partial charge in [0.05, 0.1) is 0 Å². The van der Waals surface area contributed by atoms with E-state index in [1.165, 1.54) is 0 Å². The Labute approximate surface area is 69.5 Å². The number of carbonyl (C=O) groups excluding carboxylic acids is 1. The van der Waals surface area contributed by atoms with E-state index < -0.39 is 0 Å². The zero-order valence-electron chi connectivity index (χ0n) is 5.63. The highest BCUT2D eigenvalue weighted by Gasteiger charge is 2.01. The number of Topliss-reactive ketones (excluding diaryl/α,β-unsaturated/α-hetero) is 1. The van der Waals surface area contributed by atoms with Crippen molar-refractivity contribution in [3.05, 3.63) is 16.3 Å². The molecule has 1 aromatic heterocycles. The van der Waals surface area contributed by atoms with Gasteiger partial charge in [0.15, 0.2) is 0 Å². The number of hydrogen-bond donors (Lipinski definition) is 1. The van der Waals surface area contributed by atoms with E-state index in [-0.39, 0.29) is 5.78 Å². The fourth-order valence-corrected chi connectivity index (χ4v) is 1.95. The molecule has 0 amide bonds. The Kier molecular flexibility index (Phi) is 2.51. The van der Waals surface area contributed by atoms with E-state index in [9.17, 15) is 4.79 Å². The fourth-order valence-electron chi connectivity index (χ4n) is 0.692. The minimum absolute atomic E-state index is 0.192. The first-order valence-corrected chi connectivity index (χ1v) is 4.27. The molecule has 0 aliphatic heterocycles. The van der Waals surface area contributed by atoms with Crippen LogP contribution in [-0.2, 0) is 11.2 Å². The van der Waals surface area contributed by atoms with E-state index in [1.807, 2.05) is 11.4 Å². The molecule has 3 heteroatoms. The van der Waals surface area contributed by atoms with Crippen molar-refractivity contribution in [2.45, 2.75) is 18.2 Å². The fraction of sp³-hybridized carbons (Fsp3) is 0.286. The highest BCUT2D eigenvalue weighted by molar-refractivity contribution is 7.80. The average Bonchev–Trinajstić information content (AvgIpc) is 2.15. The van der Waals surface area contributed by atoms with Crippen molar-refractivity contribution in [2.75, 3.05) is 0 Å². The van der Waals surface area contributed by atoms with Gasteiger partial charge < -0.3 is 0 Å². The average molecular weight is 172 g/mol. The van der Waals surface area contributed by atoms with Crippen LogP contribution in [0.3, 0.4) is 0 Å². The van der Waals surface area contributed by atoms with Crippen LogP contribution in [0.5, 0.6) is 0 Å². The van der Waals surface area contributed by atoms with E-state index >= 15 is 0 Å². The molecule has 1 aromatic rings. The quantitative estimate of drug-likeness (QED) is 0.676. The van der Waals surface area contributed by atoms with Crippen molar-refractivity contribution in [3.63, 3.8) is 0 Å². The lowest BCUT2D eigenvalue weighted by Crippen LogP contribution is -1.93. The predicted octanol–water partition coefficient (Wildman–Crippen LogP) is 2.17. The van der Waals surface area contributed by atoms with E-state index in [0.29, 0.717) is 6.42 Å². The molecule has 0 aliphatic rings. The summed E-state index contributed by atoms with van der Waals surface area (Å²) in [4.78, 5) is 12.6. The molecular formula is C7H8OS2. The van der Waals surface area contributed by atoms with E-state index in [2.05, 4.69) is 12.6 Å². The zero-order chi connectivity index (χ0) is 7.56. The highest BCUT2D eigenvalue weighted by atomic mass is 32.1. The van der Waals surface area contributed by atoms with Crippen molar-refractivity contribution in [2.24, 2.45) is 0 Å². The maximum Gasteiger partial charge on any atom is 0.135 e. The molecule has 1 nitrogen and oxygen atoms in total. The summed E-state index contributed by atoms with van der Waals surface area (Å²) in [5.41, 5.74) is 0. The summed E-state index contributed by atoms with van der Waals surface area (Å²) in [5.74, 6) is 0.192. The molecule has 0 fully saturated rings. The van der Waals surface area contributed by atoms with Crippen LogP contribution in [0.4, 0.5) is 0 Å². The number of carbonyl (C=O) groups is 1. The molecule has 1 rings (SSSR count). The molecule has 0 radical (unpaired) electrons. The van der Waals surface area contributed by atoms with Crippen LogP contribution in [0.1, 0.15) is 11.8 Å². The SMILES string of the molecule is CC(=O)Cc1sccc1S. The molecular weight excluding hydrogens is 164 g/mol. The highest BCUT2D eigenvalue weighted by Crippen LogP contribution is 2.20. The summed E-state index contributed by atoms with van der Waals surface area (Å²) >= 11 is 5.76. The van der Waals surface area contributed by atoms with Gasteiger partial charge in [-0.25, -0.2) is 0 Å². The van der Waals surface area contributed by atoms with Crippen molar-refractivity contribution < 1.29 is 4.79 Å². The largest absolute Gasteiger partial charge is 0.300 e. The summed E-state index contributed by atoms with van der Waals surface area (Å²) in [6.45, 7) is 1.59. The van der Waals surface area contributed by atoms with Gasteiger partial charge in [-0.2, -0.15) is 0 Å². The molecule has 0 aromatic carbocycles. The lowest BCUT2D eigenvalue weighted by molar-refractivity contribution is -0.116. The second-order valence-electron chi connectivity index (χ2n) is 2.11. The minimum Gasteiger partial charge on any atom is -0.300 e. The standard InChI is InChI=1S/C7H8OS2/c1-5(8)4-7-6(9)2-3-10-7/h2-3,9H,4H2,1H3. The molecule has 0 saturated carbocycles. The van der Waals surface area contributed by atoms with Gasteiger partial charge in [0.1, 0.15) is 5.78 Å². The van der Waals surface area contributed by atoms with E-state index in [4.69, 9.17) is 0 Å². The summed E-state index contributed by atoms with van der Waals surface area (Å²) < 4.78 is 0. The Morgan fingerprint density at radius 2 is 2.50 bits per heavy atom. The maximum absolute atomic E-state index is 10.6. The molecule has 0 unspecified atom stereocenters. The van der Waals surface area contributed by atoms with Gasteiger partial charge in [-0.1, -0.05) is 0 Å². The van der Waals surface area contributed by atoms with Gasteiger partial charge in [0, 0.05) is 16.2 Å². The van der Waals surface area contributed by atoms with Crippen LogP contribution in [0, 0.1) is 0 Å². The molecule has 0 bridgehead atoms. The normalized spacial score (nSPS) is 9.80. The Morgan fingerprint density at radius 1 is 1.80 bits per heavy atom. The first-order chi connectivity index (χ1) is 4.70. The van der Waals surface area contributed by atoms with Crippen LogP contribution in [0.15, 0.2) is 16.3 Å². The number of ketones is 1. The van der Waals surface area contributed by atoms with Crippen LogP contribution in [-0.4, -0.2) is 5.78 Å². The molecule has 0 aliphatic carbocycles. The van der Waals surface area contributed by atoms with E-state index in [1.54, 1.807) is 18.3 Å². The first kappa shape index (κ1) is 7.82. The number of thiol groups is 1. The van der Waals surface area contributed by atoms with Gasteiger partial charge in [-0.05, 0) is 18.4 Å². The second kappa shape index (κ2) is 3.21. The van der Waals surface area contributed by atoms with Gasteiger partial charge in [-0.15, -0.1) is 24.0 Å². The summed E-state index contributed by atoms with van der Waals surface area (Å²) in [5, 5.41) is 1.95. The third-order valence-corrected chi connectivity index (χ3v) is 2.62. The Bertz CT molecular complexity index is 240. The Hall–Kier alpha value is -0.280. The molecule has 54 valence electrons. The van der Waals surface area contributed by atoms with Gasteiger partial charge in [0.25, 0.3) is 0 Å². The lowest BCUT2D eigenvalue weighted by atomic mass is 10.3. The smallest absolute Gasteiger partial charge is 0.135 e. The van der Waals surface area contributed by atoms with E-state index in [0.717, 1.165) is 9.77 Å². The van der Waals surface area contributed by atoms with Crippen molar-refractivity contribution in [3.8, 4) is 0 Å². The third kappa shape index (κ3) is 1.85. The monoisotopic (exact) mass is 172 g/mol. The third-order valence-electron chi connectivity index (χ3n) is 1.13. The maximum atomic E-state index is 10.6. The Balaban J connectivity index is 2.74. The molecule has 1 heterocycles. The molecule has 0 N–H and O–H groups in total. The zero-order valence-corrected chi connectivity index (χ0v) is 7.34. The Morgan fingerprint density at radius 3 is 2.90 bits per heavy atom. The summed E-state index contributed by atoms with van der Waals surface area (Å²) in [7, 11) is 0. The second-order valence-corrected chi connectivity index (χ2v) is 3.59. The number of rotatable bonds is 2. The van der Waals surface area contributed by atoms with Crippen LogP contribution in [0.25, 0.3) is 0 Å². The topological polar surface area (TPSA) is 17.1 Å². The van der Waals surface area contributed by atoms with Crippen LogP contribution < -0.4 is 0 Å². The molecule has 0 spiro atoms. The van der Waals surface area contributed by atoms with Crippen LogP contribution >= 0.6 is 24.0 Å². The molecule has 10 heavy (non-hydrogen) atoms. The van der Waals surface area contributed by atoms with Crippen LogP contribution in [0.2, 0.25) is 0 Å². The lowest BCUT2D eigenvalue weighted by Gasteiger charge is -1.91. The minimum atomic E-state index is 0.192. The predicted molar refractivity (Wildman–Crippen MR) is 46.0 cm³/mol. The first-order valence-electron chi connectivity index (χ1n) is 2.95. The van der Waals surface area contributed by atoms with Gasteiger partial charge in [-0.3, -0.25) is 4.79 Å². The number of thiophene rings is 1. The molecule has 0 atom stereocenters. The van der Waals surface area contributed by atoms with Gasteiger partial charge >= 0.3 is 0 Å². The summed E-state index contributed by atoms with van der Waals surface area (Å²) in [6, 6.07) is 1.91. The number of hydrogen-bond acceptors (Lipinski definition) is 3. The van der Waals surface area contributed by atoms with Crippen molar-refractivity contribution in [1.29, 1.82) is 0 Å². The molecule has 0 saturated heterocycles. The van der Waals surface area contributed by atoms with Crippen molar-refractivity contribution in [1.82, 2.24) is 0 Å².